The van der Waals surface area contributed by atoms with Crippen molar-refractivity contribution in [3.63, 3.8) is 0 Å². The lowest BCUT2D eigenvalue weighted by Crippen LogP contribution is -2.12. The molecule has 0 unspecified atom stereocenters. The minimum Gasteiger partial charge on any atom is -0.361 e. The Kier molecular flexibility index (Phi) is 4.69. The molecule has 2 aromatic carbocycles. The molecule has 1 atom stereocenters. The number of fused-ring (bicyclic) bond motifs is 1. The lowest BCUT2D eigenvalue weighted by atomic mass is 10.0. The minimum atomic E-state index is -0.160. The number of thioether (sulfide) groups is 1. The Morgan fingerprint density at radius 3 is 2.65 bits per heavy atom. The smallest absolute Gasteiger partial charge is 0.225 e. The van der Waals surface area contributed by atoms with Crippen molar-refractivity contribution in [3.8, 4) is 11.3 Å². The molecule has 0 fully saturated rings. The van der Waals surface area contributed by atoms with Crippen LogP contribution in [0.3, 0.4) is 0 Å². The molecule has 7 heteroatoms. The lowest BCUT2D eigenvalue weighted by Gasteiger charge is -2.15. The van der Waals surface area contributed by atoms with E-state index in [1.54, 1.807) is 30.0 Å². The largest absolute Gasteiger partial charge is 0.361 e. The molecule has 0 aliphatic carbocycles. The molecule has 3 aromatic rings. The molecule has 1 aromatic heterocycles. The maximum absolute atomic E-state index is 12.4. The number of para-hydroxylation sites is 1. The molecular formula is C19H14Cl2N2O2S. The maximum atomic E-state index is 12.4. The van der Waals surface area contributed by atoms with Crippen molar-refractivity contribution in [2.24, 2.45) is 0 Å². The van der Waals surface area contributed by atoms with Crippen LogP contribution in [0.4, 0.5) is 5.69 Å². The van der Waals surface area contributed by atoms with Gasteiger partial charge in [-0.25, -0.2) is 0 Å². The van der Waals surface area contributed by atoms with Crippen LogP contribution in [-0.2, 0) is 4.79 Å². The standard InChI is InChI=1S/C19H14Cl2N2O2S/c1-10-17(19(23-25-10)18-11(20)5-4-6-12(18)21)15-9-16(24)22-13-7-2-3-8-14(13)26-15/h2-8,15H,9H2,1H3,(H,22,24)/t15-/m1/s1. The predicted octanol–water partition coefficient (Wildman–Crippen LogP) is 6.13. The van der Waals surface area contributed by atoms with Crippen LogP contribution in [0.15, 0.2) is 51.9 Å². The van der Waals surface area contributed by atoms with Crippen molar-refractivity contribution in [1.29, 1.82) is 0 Å². The number of nitrogens with zero attached hydrogens (tertiary/aromatic N) is 1. The number of benzene rings is 2. The third kappa shape index (κ3) is 3.11. The topological polar surface area (TPSA) is 55.1 Å². The highest BCUT2D eigenvalue weighted by Gasteiger charge is 2.31. The number of rotatable bonds is 2. The Morgan fingerprint density at radius 1 is 1.15 bits per heavy atom. The second-order valence-corrected chi connectivity index (χ2v) is 8.01. The van der Waals surface area contributed by atoms with Gasteiger partial charge in [0, 0.05) is 27.7 Å². The fourth-order valence-electron chi connectivity index (χ4n) is 3.06. The van der Waals surface area contributed by atoms with Crippen LogP contribution in [0, 0.1) is 6.92 Å². The lowest BCUT2D eigenvalue weighted by molar-refractivity contribution is -0.116. The summed E-state index contributed by atoms with van der Waals surface area (Å²) in [7, 11) is 0. The summed E-state index contributed by atoms with van der Waals surface area (Å²) in [4.78, 5) is 13.4. The van der Waals surface area contributed by atoms with E-state index in [0.29, 0.717) is 33.5 Å². The van der Waals surface area contributed by atoms with Crippen LogP contribution in [0.25, 0.3) is 11.3 Å². The van der Waals surface area contributed by atoms with Gasteiger partial charge in [0.05, 0.1) is 15.7 Å². The highest BCUT2D eigenvalue weighted by Crippen LogP contribution is 2.48. The third-order valence-corrected chi connectivity index (χ3v) is 6.16. The molecule has 1 amide bonds. The van der Waals surface area contributed by atoms with Gasteiger partial charge in [-0.3, -0.25) is 4.79 Å². The number of carbonyl (C=O) groups excluding carboxylic acids is 1. The van der Waals surface area contributed by atoms with Crippen molar-refractivity contribution in [2.45, 2.75) is 23.5 Å². The normalized spacial score (nSPS) is 16.7. The molecule has 2 heterocycles. The first kappa shape index (κ1) is 17.5. The SMILES string of the molecule is Cc1onc(-c2c(Cl)cccc2Cl)c1[C@H]1CC(=O)Nc2ccccc2S1. The summed E-state index contributed by atoms with van der Waals surface area (Å²) in [6, 6.07) is 13.0. The van der Waals surface area contributed by atoms with Crippen LogP contribution >= 0.6 is 35.0 Å². The minimum absolute atomic E-state index is 0.0516. The average Bonchev–Trinajstić information content (AvgIpc) is 2.88. The molecule has 4 nitrogen and oxygen atoms in total. The molecule has 0 spiro atoms. The van der Waals surface area contributed by atoms with E-state index in [4.69, 9.17) is 27.7 Å². The Hall–Kier alpha value is -1.95. The number of aryl methyl sites for hydroxylation is 1. The van der Waals surface area contributed by atoms with Gasteiger partial charge in [0.25, 0.3) is 0 Å². The molecule has 0 saturated carbocycles. The number of amides is 1. The number of hydrogen-bond donors (Lipinski definition) is 1. The molecule has 1 N–H and O–H groups in total. The Balaban J connectivity index is 1.84. The van der Waals surface area contributed by atoms with E-state index < -0.39 is 0 Å². The fourth-order valence-corrected chi connectivity index (χ4v) is 4.98. The van der Waals surface area contributed by atoms with Crippen LogP contribution in [-0.4, -0.2) is 11.1 Å². The van der Waals surface area contributed by atoms with Gasteiger partial charge < -0.3 is 9.84 Å². The molecule has 0 radical (unpaired) electrons. The summed E-state index contributed by atoms with van der Waals surface area (Å²) < 4.78 is 5.46. The van der Waals surface area contributed by atoms with E-state index in [-0.39, 0.29) is 11.2 Å². The van der Waals surface area contributed by atoms with Crippen LogP contribution in [0.1, 0.15) is 23.0 Å². The average molecular weight is 405 g/mol. The molecule has 26 heavy (non-hydrogen) atoms. The summed E-state index contributed by atoms with van der Waals surface area (Å²) in [5, 5.41) is 7.99. The van der Waals surface area contributed by atoms with E-state index in [0.717, 1.165) is 16.1 Å². The van der Waals surface area contributed by atoms with Gasteiger partial charge in [-0.1, -0.05) is 46.6 Å². The van der Waals surface area contributed by atoms with Crippen molar-refractivity contribution >= 4 is 46.6 Å². The quantitative estimate of drug-likeness (QED) is 0.557. The van der Waals surface area contributed by atoms with Gasteiger partial charge in [0.15, 0.2) is 0 Å². The van der Waals surface area contributed by atoms with Gasteiger partial charge in [-0.05, 0) is 31.2 Å². The number of aromatic nitrogens is 1. The number of nitrogens with one attached hydrogen (secondary N) is 1. The predicted molar refractivity (Wildman–Crippen MR) is 105 cm³/mol. The monoisotopic (exact) mass is 404 g/mol. The Bertz CT molecular complexity index is 983. The van der Waals surface area contributed by atoms with Crippen molar-refractivity contribution in [1.82, 2.24) is 5.16 Å². The molecule has 132 valence electrons. The van der Waals surface area contributed by atoms with E-state index in [9.17, 15) is 4.79 Å². The first-order valence-electron chi connectivity index (χ1n) is 8.00. The zero-order valence-electron chi connectivity index (χ0n) is 13.8. The van der Waals surface area contributed by atoms with Crippen molar-refractivity contribution < 1.29 is 9.32 Å². The second-order valence-electron chi connectivity index (χ2n) is 5.95. The maximum Gasteiger partial charge on any atom is 0.225 e. The first-order chi connectivity index (χ1) is 12.5. The fraction of sp³-hybridized carbons (Fsp3) is 0.158. The van der Waals surface area contributed by atoms with Crippen molar-refractivity contribution in [2.75, 3.05) is 5.32 Å². The summed E-state index contributed by atoms with van der Waals surface area (Å²) in [6.45, 7) is 1.84. The van der Waals surface area contributed by atoms with E-state index in [2.05, 4.69) is 10.5 Å². The van der Waals surface area contributed by atoms with Gasteiger partial charge in [-0.2, -0.15) is 0 Å². The number of anilines is 1. The summed E-state index contributed by atoms with van der Waals surface area (Å²) >= 11 is 14.4. The molecule has 1 aliphatic heterocycles. The van der Waals surface area contributed by atoms with Crippen LogP contribution in [0.5, 0.6) is 0 Å². The molecule has 0 saturated heterocycles. The van der Waals surface area contributed by atoms with E-state index >= 15 is 0 Å². The van der Waals surface area contributed by atoms with Crippen LogP contribution in [0.2, 0.25) is 10.0 Å². The van der Waals surface area contributed by atoms with Gasteiger partial charge >= 0.3 is 0 Å². The highest BCUT2D eigenvalue weighted by molar-refractivity contribution is 7.99. The van der Waals surface area contributed by atoms with Gasteiger partial charge in [0.1, 0.15) is 11.5 Å². The summed E-state index contributed by atoms with van der Waals surface area (Å²) in [5.74, 6) is 0.602. The van der Waals surface area contributed by atoms with E-state index in [1.165, 1.54) is 0 Å². The molecular weight excluding hydrogens is 391 g/mol. The van der Waals surface area contributed by atoms with Gasteiger partial charge in [-0.15, -0.1) is 11.8 Å². The zero-order chi connectivity index (χ0) is 18.3. The van der Waals surface area contributed by atoms with E-state index in [1.807, 2.05) is 31.2 Å². The van der Waals surface area contributed by atoms with Gasteiger partial charge in [0.2, 0.25) is 5.91 Å². The number of carbonyl (C=O) groups is 1. The zero-order valence-corrected chi connectivity index (χ0v) is 16.1. The summed E-state index contributed by atoms with van der Waals surface area (Å²) in [6.07, 6.45) is 0.302. The first-order valence-corrected chi connectivity index (χ1v) is 9.64. The third-order valence-electron chi connectivity index (χ3n) is 4.23. The Morgan fingerprint density at radius 2 is 1.88 bits per heavy atom. The second kappa shape index (κ2) is 6.99. The molecule has 4 rings (SSSR count). The number of hydrogen-bond acceptors (Lipinski definition) is 4. The molecule has 0 bridgehead atoms. The Labute approximate surface area is 164 Å². The highest BCUT2D eigenvalue weighted by atomic mass is 35.5. The van der Waals surface area contributed by atoms with Crippen LogP contribution < -0.4 is 5.32 Å². The van der Waals surface area contributed by atoms with Crippen molar-refractivity contribution in [3.05, 3.63) is 63.8 Å². The number of halogens is 2. The summed E-state index contributed by atoms with van der Waals surface area (Å²) in [5.41, 5.74) is 2.87. The molecule has 1 aliphatic rings.